The van der Waals surface area contributed by atoms with Crippen molar-refractivity contribution in [1.29, 1.82) is 0 Å². The molecule has 0 saturated carbocycles. The van der Waals surface area contributed by atoms with Crippen LogP contribution in [-0.2, 0) is 4.79 Å². The van der Waals surface area contributed by atoms with E-state index in [1.54, 1.807) is 0 Å². The van der Waals surface area contributed by atoms with Gasteiger partial charge in [-0.25, -0.2) is 0 Å². The second-order valence-electron chi connectivity index (χ2n) is 1.97. The first-order chi connectivity index (χ1) is 4.30. The average Bonchev–Trinajstić information content (AvgIpc) is 1.90. The topological polar surface area (TPSA) is 63.4 Å². The number of carboxylic acid groups (broad SMARTS) is 1. The molecule has 2 N–H and O–H groups in total. The number of nitrogens with zero attached hydrogens (tertiary/aromatic N) is 1. The number of hydrogen-bond donors (Lipinski definition) is 2. The van der Waals surface area contributed by atoms with Crippen molar-refractivity contribution in [1.82, 2.24) is 5.32 Å². The summed E-state index contributed by atoms with van der Waals surface area (Å²) in [6.45, 7) is 1.84. The Morgan fingerprint density at radius 1 is 1.70 bits per heavy atom. The molecule has 1 saturated heterocycles. The van der Waals surface area contributed by atoms with Crippen LogP contribution in [0.25, 0.3) is 5.32 Å². The van der Waals surface area contributed by atoms with Crippen LogP contribution in [0.1, 0.15) is 0 Å². The molecule has 1 fully saturated rings. The quantitative estimate of drug-likeness (QED) is 0.366. The Balaban J connectivity index is 0.000000810. The van der Waals surface area contributed by atoms with Gasteiger partial charge in [0.15, 0.2) is 0 Å². The van der Waals surface area contributed by atoms with Crippen molar-refractivity contribution in [3.8, 4) is 0 Å². The molecule has 0 aliphatic carbocycles. The molecular weight excluding hydrogens is 127 g/mol. The minimum atomic E-state index is -0.807. The van der Waals surface area contributed by atoms with Crippen LogP contribution in [-0.4, -0.2) is 36.8 Å². The molecule has 1 aliphatic heterocycles. The third-order valence-electron chi connectivity index (χ3n) is 1.27. The zero-order valence-electron chi connectivity index (χ0n) is 6.00. The molecule has 4 nitrogen and oxygen atoms in total. The summed E-state index contributed by atoms with van der Waals surface area (Å²) in [5.41, 5.74) is 0. The fraction of sp³-hybridized carbons (Fsp3) is 0.800. The van der Waals surface area contributed by atoms with Crippen molar-refractivity contribution in [3.05, 3.63) is 5.32 Å². The van der Waals surface area contributed by atoms with Gasteiger partial charge >= 0.3 is 24.8 Å². The summed E-state index contributed by atoms with van der Waals surface area (Å²) in [5.74, 6) is -0.807. The van der Waals surface area contributed by atoms with Crippen LogP contribution in [0.3, 0.4) is 0 Å². The fourth-order valence-corrected chi connectivity index (χ4v) is 0.768. The molecule has 1 rings (SSSR count). The van der Waals surface area contributed by atoms with E-state index in [2.05, 4.69) is 10.6 Å². The van der Waals surface area contributed by atoms with Gasteiger partial charge in [-0.15, -0.1) is 13.1 Å². The summed E-state index contributed by atoms with van der Waals surface area (Å²) in [4.78, 5) is 10.2. The molecule has 1 aliphatic rings. The Kier molecular flexibility index (Phi) is 4.74. The van der Waals surface area contributed by atoms with Crippen LogP contribution in [0.2, 0.25) is 0 Å². The summed E-state index contributed by atoms with van der Waals surface area (Å²) in [5, 5.41) is 15.2. The SMILES string of the molecule is O=C(O)C1C[N-]CCN1.[Li+]. The van der Waals surface area contributed by atoms with Crippen molar-refractivity contribution in [2.24, 2.45) is 0 Å². The van der Waals surface area contributed by atoms with Gasteiger partial charge in [-0.3, -0.25) is 4.79 Å². The zero-order chi connectivity index (χ0) is 6.69. The molecule has 10 heavy (non-hydrogen) atoms. The van der Waals surface area contributed by atoms with Gasteiger partial charge < -0.3 is 15.7 Å². The Labute approximate surface area is 71.5 Å². The van der Waals surface area contributed by atoms with E-state index in [1.807, 2.05) is 0 Å². The monoisotopic (exact) mass is 136 g/mol. The third kappa shape index (κ3) is 2.71. The molecule has 0 radical (unpaired) electrons. The van der Waals surface area contributed by atoms with E-state index in [0.717, 1.165) is 6.54 Å². The molecule has 1 atom stereocenters. The maximum Gasteiger partial charge on any atom is 1.00 e. The summed E-state index contributed by atoms with van der Waals surface area (Å²) < 4.78 is 0. The summed E-state index contributed by atoms with van der Waals surface area (Å²) in [6, 6.07) is -0.446. The molecule has 0 amide bonds. The van der Waals surface area contributed by atoms with Gasteiger partial charge in [-0.2, -0.15) is 0 Å². The van der Waals surface area contributed by atoms with Crippen LogP contribution in [0.15, 0.2) is 0 Å². The molecule has 1 heterocycles. The van der Waals surface area contributed by atoms with Crippen molar-refractivity contribution in [3.63, 3.8) is 0 Å². The zero-order valence-corrected chi connectivity index (χ0v) is 6.00. The minimum Gasteiger partial charge on any atom is -0.660 e. The minimum absolute atomic E-state index is 0. The first-order valence-electron chi connectivity index (χ1n) is 2.90. The van der Waals surface area contributed by atoms with E-state index >= 15 is 0 Å². The van der Waals surface area contributed by atoms with E-state index in [1.165, 1.54) is 0 Å². The Bertz CT molecular complexity index is 114. The maximum absolute atomic E-state index is 10.2. The molecule has 0 aromatic carbocycles. The predicted molar refractivity (Wildman–Crippen MR) is 32.5 cm³/mol. The molecule has 0 bridgehead atoms. The normalized spacial score (nSPS) is 25.0. The number of nitrogens with one attached hydrogen (secondary N) is 1. The van der Waals surface area contributed by atoms with Gasteiger partial charge in [0.1, 0.15) is 0 Å². The van der Waals surface area contributed by atoms with Crippen molar-refractivity contribution in [2.45, 2.75) is 6.04 Å². The van der Waals surface area contributed by atoms with Gasteiger partial charge in [0.2, 0.25) is 0 Å². The van der Waals surface area contributed by atoms with E-state index in [9.17, 15) is 4.79 Å². The van der Waals surface area contributed by atoms with Crippen molar-refractivity contribution < 1.29 is 28.8 Å². The summed E-state index contributed by atoms with van der Waals surface area (Å²) >= 11 is 0. The van der Waals surface area contributed by atoms with Gasteiger partial charge in [0.05, 0.1) is 6.04 Å². The summed E-state index contributed by atoms with van der Waals surface area (Å²) in [6.07, 6.45) is 0. The first kappa shape index (κ1) is 9.99. The van der Waals surface area contributed by atoms with Crippen molar-refractivity contribution >= 4 is 5.97 Å². The van der Waals surface area contributed by atoms with E-state index < -0.39 is 12.0 Å². The van der Waals surface area contributed by atoms with Crippen LogP contribution < -0.4 is 24.2 Å². The number of rotatable bonds is 1. The standard InChI is InChI=1S/C5H9N2O2.Li/c8-5(9)4-3-6-1-2-7-4;/h4,7H,1-3H2,(H,8,9);/q-1;+1. The molecule has 0 spiro atoms. The molecular formula is C5H9LiN2O2. The third-order valence-corrected chi connectivity index (χ3v) is 1.27. The number of carboxylic acids is 1. The van der Waals surface area contributed by atoms with Gasteiger partial charge in [0, 0.05) is 0 Å². The van der Waals surface area contributed by atoms with Crippen LogP contribution >= 0.6 is 0 Å². The smallest absolute Gasteiger partial charge is 0.660 e. The summed E-state index contributed by atoms with van der Waals surface area (Å²) in [7, 11) is 0. The number of aliphatic carboxylic acids is 1. The first-order valence-corrected chi connectivity index (χ1v) is 2.90. The van der Waals surface area contributed by atoms with Crippen molar-refractivity contribution in [2.75, 3.05) is 19.6 Å². The number of carbonyl (C=O) groups is 1. The van der Waals surface area contributed by atoms with E-state index in [-0.39, 0.29) is 18.9 Å². The van der Waals surface area contributed by atoms with E-state index in [4.69, 9.17) is 5.11 Å². The molecule has 0 aromatic rings. The van der Waals surface area contributed by atoms with Gasteiger partial charge in [-0.1, -0.05) is 0 Å². The second kappa shape index (κ2) is 4.75. The Morgan fingerprint density at radius 3 is 2.70 bits per heavy atom. The van der Waals surface area contributed by atoms with E-state index in [0.29, 0.717) is 13.1 Å². The van der Waals surface area contributed by atoms with Crippen LogP contribution in [0.4, 0.5) is 0 Å². The molecule has 1 unspecified atom stereocenters. The second-order valence-corrected chi connectivity index (χ2v) is 1.97. The van der Waals surface area contributed by atoms with Crippen LogP contribution in [0.5, 0.6) is 0 Å². The van der Waals surface area contributed by atoms with Gasteiger partial charge in [0.25, 0.3) is 0 Å². The number of hydrogen-bond acceptors (Lipinski definition) is 2. The predicted octanol–water partition coefficient (Wildman–Crippen LogP) is -3.58. The molecule has 5 heteroatoms. The largest absolute Gasteiger partial charge is 1.00 e. The van der Waals surface area contributed by atoms with Crippen LogP contribution in [0, 0.1) is 0 Å². The Hall–Kier alpha value is -0.0126. The molecule has 0 aromatic heterocycles. The number of piperazine rings is 1. The Morgan fingerprint density at radius 2 is 2.40 bits per heavy atom. The van der Waals surface area contributed by atoms with Gasteiger partial charge in [-0.05, 0) is 6.54 Å². The average molecular weight is 136 g/mol. The molecule has 52 valence electrons. The maximum atomic E-state index is 10.2. The fourth-order valence-electron chi connectivity index (χ4n) is 0.768.